The fourth-order valence-electron chi connectivity index (χ4n) is 1.82. The van der Waals surface area contributed by atoms with Gasteiger partial charge in [0.25, 0.3) is 0 Å². The number of hydrogen-bond donors (Lipinski definition) is 0. The third-order valence-electron chi connectivity index (χ3n) is 2.65. The summed E-state index contributed by atoms with van der Waals surface area (Å²) in [5.74, 6) is 0.698. The van der Waals surface area contributed by atoms with Crippen molar-refractivity contribution < 1.29 is 0 Å². The second-order valence-electron chi connectivity index (χ2n) is 3.72. The lowest BCUT2D eigenvalue weighted by atomic mass is 10.2. The lowest BCUT2D eigenvalue weighted by Gasteiger charge is -2.09. The summed E-state index contributed by atoms with van der Waals surface area (Å²) in [5, 5.41) is 8.99. The summed E-state index contributed by atoms with van der Waals surface area (Å²) in [7, 11) is 0. The van der Waals surface area contributed by atoms with E-state index >= 15 is 0 Å². The Kier molecular flexibility index (Phi) is 3.34. The molecule has 19 heavy (non-hydrogen) atoms. The summed E-state index contributed by atoms with van der Waals surface area (Å²) < 4.78 is 10.1. The van der Waals surface area contributed by atoms with Crippen molar-refractivity contribution in [3.8, 4) is 5.69 Å². The first kappa shape index (κ1) is 13.1. The summed E-state index contributed by atoms with van der Waals surface area (Å²) in [6.45, 7) is 1.96. The molecule has 0 aliphatic rings. The minimum absolute atomic E-state index is 0.232. The van der Waals surface area contributed by atoms with Crippen molar-refractivity contribution in [3.05, 3.63) is 27.2 Å². The number of rotatable bonds is 2. The average Bonchev–Trinajstić information content (AvgIpc) is 2.98. The van der Waals surface area contributed by atoms with E-state index in [0.717, 1.165) is 11.7 Å². The zero-order valence-electron chi connectivity index (χ0n) is 9.56. The van der Waals surface area contributed by atoms with Crippen LogP contribution in [0.25, 0.3) is 16.7 Å². The van der Waals surface area contributed by atoms with Crippen molar-refractivity contribution in [2.45, 2.75) is 13.3 Å². The maximum absolute atomic E-state index is 6.28. The summed E-state index contributed by atoms with van der Waals surface area (Å²) in [6.07, 6.45) is 0.664. The second kappa shape index (κ2) is 4.86. The summed E-state index contributed by atoms with van der Waals surface area (Å²) in [4.78, 5) is 0. The van der Waals surface area contributed by atoms with E-state index in [0.29, 0.717) is 39.0 Å². The highest BCUT2D eigenvalue weighted by molar-refractivity contribution is 7.00. The number of benzene rings is 1. The number of fused-ring (bicyclic) bond motifs is 1. The highest BCUT2D eigenvalue weighted by Crippen LogP contribution is 2.35. The van der Waals surface area contributed by atoms with Gasteiger partial charge in [-0.1, -0.05) is 30.1 Å². The second-order valence-corrected chi connectivity index (χ2v) is 5.41. The van der Waals surface area contributed by atoms with Crippen LogP contribution in [0.5, 0.6) is 0 Å². The Balaban J connectivity index is 2.42. The third-order valence-corrected chi connectivity index (χ3v) is 4.00. The van der Waals surface area contributed by atoms with Crippen molar-refractivity contribution in [1.82, 2.24) is 23.5 Å². The fourth-order valence-corrected chi connectivity index (χ4v) is 3.23. The van der Waals surface area contributed by atoms with Gasteiger partial charge in [-0.15, -0.1) is 10.2 Å². The smallest absolute Gasteiger partial charge is 0.229 e. The molecule has 0 saturated carbocycles. The Morgan fingerprint density at radius 2 is 1.84 bits per heavy atom. The zero-order valence-corrected chi connectivity index (χ0v) is 12.6. The van der Waals surface area contributed by atoms with Crippen LogP contribution in [0.4, 0.5) is 0 Å². The van der Waals surface area contributed by atoms with Crippen molar-refractivity contribution >= 4 is 57.6 Å². The van der Waals surface area contributed by atoms with E-state index in [-0.39, 0.29) is 5.28 Å². The van der Waals surface area contributed by atoms with Crippen molar-refractivity contribution in [2.24, 2.45) is 0 Å². The SMILES string of the molecule is CCc1nnc(Cl)n1-c1c(Cl)cc(Cl)c2nsnc12. The van der Waals surface area contributed by atoms with Crippen LogP contribution in [0.2, 0.25) is 15.3 Å². The first-order valence-electron chi connectivity index (χ1n) is 5.34. The molecule has 1 aromatic carbocycles. The van der Waals surface area contributed by atoms with Gasteiger partial charge in [0.2, 0.25) is 5.28 Å². The Bertz CT molecular complexity index is 766. The molecule has 0 aliphatic carbocycles. The molecule has 0 radical (unpaired) electrons. The standard InChI is InChI=1S/C10H6Cl3N5S/c1-2-6-14-15-10(13)18(6)9-5(12)3-4(11)7-8(9)17-19-16-7/h3H,2H2,1H3. The van der Waals surface area contributed by atoms with Gasteiger partial charge in [0.05, 0.1) is 27.5 Å². The van der Waals surface area contributed by atoms with E-state index < -0.39 is 0 Å². The van der Waals surface area contributed by atoms with Crippen LogP contribution in [-0.4, -0.2) is 23.5 Å². The molecule has 0 fully saturated rings. The minimum atomic E-state index is 0.232. The highest BCUT2D eigenvalue weighted by Gasteiger charge is 2.20. The van der Waals surface area contributed by atoms with E-state index in [1.807, 2.05) is 6.92 Å². The molecule has 3 rings (SSSR count). The molecular weight excluding hydrogens is 329 g/mol. The molecule has 5 nitrogen and oxygen atoms in total. The van der Waals surface area contributed by atoms with E-state index in [9.17, 15) is 0 Å². The van der Waals surface area contributed by atoms with Gasteiger partial charge < -0.3 is 0 Å². The van der Waals surface area contributed by atoms with Crippen LogP contribution >= 0.6 is 46.5 Å². The predicted molar refractivity (Wildman–Crippen MR) is 76.7 cm³/mol. The Labute approximate surface area is 127 Å². The molecular formula is C10H6Cl3N5S. The maximum Gasteiger partial charge on any atom is 0.229 e. The van der Waals surface area contributed by atoms with E-state index in [2.05, 4.69) is 18.9 Å². The van der Waals surface area contributed by atoms with Gasteiger partial charge >= 0.3 is 0 Å². The first-order valence-corrected chi connectivity index (χ1v) is 7.20. The highest BCUT2D eigenvalue weighted by atomic mass is 35.5. The molecule has 2 heterocycles. The van der Waals surface area contributed by atoms with Crippen LogP contribution in [0.3, 0.4) is 0 Å². The van der Waals surface area contributed by atoms with Crippen LogP contribution < -0.4 is 0 Å². The van der Waals surface area contributed by atoms with Crippen LogP contribution in [-0.2, 0) is 6.42 Å². The van der Waals surface area contributed by atoms with Gasteiger partial charge in [-0.2, -0.15) is 8.75 Å². The van der Waals surface area contributed by atoms with Gasteiger partial charge in [-0.05, 0) is 17.7 Å². The maximum atomic E-state index is 6.28. The number of hydrogen-bond acceptors (Lipinski definition) is 5. The molecule has 98 valence electrons. The molecule has 0 atom stereocenters. The van der Waals surface area contributed by atoms with Crippen molar-refractivity contribution in [1.29, 1.82) is 0 Å². The Morgan fingerprint density at radius 3 is 2.58 bits per heavy atom. The van der Waals surface area contributed by atoms with E-state index in [4.69, 9.17) is 34.8 Å². The Morgan fingerprint density at radius 1 is 1.11 bits per heavy atom. The number of halogens is 3. The quantitative estimate of drug-likeness (QED) is 0.715. The Hall–Kier alpha value is -0.950. The zero-order chi connectivity index (χ0) is 13.6. The molecule has 2 aromatic heterocycles. The lowest BCUT2D eigenvalue weighted by molar-refractivity contribution is 0.886. The normalized spacial score (nSPS) is 11.4. The van der Waals surface area contributed by atoms with Crippen molar-refractivity contribution in [3.63, 3.8) is 0 Å². The van der Waals surface area contributed by atoms with Gasteiger partial charge in [-0.25, -0.2) is 0 Å². The molecule has 0 N–H and O–H groups in total. The van der Waals surface area contributed by atoms with E-state index in [1.54, 1.807) is 10.6 Å². The largest absolute Gasteiger partial charge is 0.266 e. The fraction of sp³-hybridized carbons (Fsp3) is 0.200. The summed E-state index contributed by atoms with van der Waals surface area (Å²) in [6, 6.07) is 1.62. The van der Waals surface area contributed by atoms with Gasteiger partial charge in [-0.3, -0.25) is 4.57 Å². The summed E-state index contributed by atoms with van der Waals surface area (Å²) >= 11 is 19.5. The third kappa shape index (κ3) is 1.99. The van der Waals surface area contributed by atoms with Gasteiger partial charge in [0, 0.05) is 6.42 Å². The number of nitrogens with zero attached hydrogens (tertiary/aromatic N) is 5. The van der Waals surface area contributed by atoms with Crippen LogP contribution in [0.15, 0.2) is 6.07 Å². The number of aromatic nitrogens is 5. The molecule has 0 spiro atoms. The average molecular weight is 335 g/mol. The molecule has 0 saturated heterocycles. The van der Waals surface area contributed by atoms with Crippen LogP contribution in [0, 0.1) is 0 Å². The molecule has 0 bridgehead atoms. The lowest BCUT2D eigenvalue weighted by Crippen LogP contribution is -2.02. The minimum Gasteiger partial charge on any atom is -0.266 e. The molecule has 0 amide bonds. The van der Waals surface area contributed by atoms with E-state index in [1.165, 1.54) is 0 Å². The van der Waals surface area contributed by atoms with Crippen LogP contribution in [0.1, 0.15) is 12.7 Å². The molecule has 0 aliphatic heterocycles. The number of aryl methyl sites for hydroxylation is 1. The topological polar surface area (TPSA) is 56.5 Å². The molecule has 3 aromatic rings. The molecule has 0 unspecified atom stereocenters. The monoisotopic (exact) mass is 333 g/mol. The predicted octanol–water partition coefficient (Wildman–Crippen LogP) is 3.79. The van der Waals surface area contributed by atoms with Gasteiger partial charge in [0.15, 0.2) is 0 Å². The summed E-state index contributed by atoms with van der Waals surface area (Å²) in [5.41, 5.74) is 1.80. The first-order chi connectivity index (χ1) is 9.13. The van der Waals surface area contributed by atoms with Gasteiger partial charge in [0.1, 0.15) is 16.9 Å². The molecule has 9 heteroatoms. The van der Waals surface area contributed by atoms with Crippen molar-refractivity contribution in [2.75, 3.05) is 0 Å².